The minimum absolute atomic E-state index is 0.124. The van der Waals surface area contributed by atoms with Crippen molar-refractivity contribution in [3.8, 4) is 17.0 Å². The van der Waals surface area contributed by atoms with Crippen LogP contribution < -0.4 is 9.64 Å². The fourth-order valence-corrected chi connectivity index (χ4v) is 3.56. The Morgan fingerprint density at radius 1 is 1.19 bits per heavy atom. The van der Waals surface area contributed by atoms with Crippen LogP contribution in [0.15, 0.2) is 36.4 Å². The number of methoxy groups -OCH3 is 1. The van der Waals surface area contributed by atoms with Gasteiger partial charge >= 0.3 is 0 Å². The molecule has 1 aliphatic heterocycles. The molecule has 0 saturated carbocycles. The Hall–Kier alpha value is -2.63. The molecule has 0 N–H and O–H groups in total. The van der Waals surface area contributed by atoms with Crippen molar-refractivity contribution in [1.29, 1.82) is 0 Å². The predicted molar refractivity (Wildman–Crippen MR) is 107 cm³/mol. The molecular weight excluding hydrogens is 340 g/mol. The van der Waals surface area contributed by atoms with Crippen molar-refractivity contribution in [2.45, 2.75) is 32.7 Å². The van der Waals surface area contributed by atoms with Crippen LogP contribution in [0.2, 0.25) is 0 Å². The SMILES string of the molecule is COc1ccccc1-c1ccc(N(C)C[C@H]2CC(=O)N(C(C)(C)C)C2)nn1. The van der Waals surface area contributed by atoms with Crippen LogP contribution in [-0.4, -0.2) is 53.8 Å². The van der Waals surface area contributed by atoms with E-state index in [4.69, 9.17) is 4.74 Å². The van der Waals surface area contributed by atoms with Crippen LogP contribution in [0.3, 0.4) is 0 Å². The number of amides is 1. The number of anilines is 1. The number of benzene rings is 1. The summed E-state index contributed by atoms with van der Waals surface area (Å²) in [7, 11) is 3.65. The fourth-order valence-electron chi connectivity index (χ4n) is 3.56. The quantitative estimate of drug-likeness (QED) is 0.811. The molecule has 3 rings (SSSR count). The first-order valence-electron chi connectivity index (χ1n) is 9.28. The van der Waals surface area contributed by atoms with E-state index in [0.29, 0.717) is 12.3 Å². The van der Waals surface area contributed by atoms with E-state index in [0.717, 1.165) is 35.9 Å². The number of rotatable bonds is 5. The van der Waals surface area contributed by atoms with Crippen LogP contribution in [0.5, 0.6) is 5.75 Å². The number of ether oxygens (including phenoxy) is 1. The summed E-state index contributed by atoms with van der Waals surface area (Å²) in [6, 6.07) is 11.7. The van der Waals surface area contributed by atoms with E-state index in [1.54, 1.807) is 7.11 Å². The van der Waals surface area contributed by atoms with E-state index in [2.05, 4.69) is 35.9 Å². The number of carbonyl (C=O) groups excluding carboxylic acids is 1. The van der Waals surface area contributed by atoms with Crippen LogP contribution in [0.25, 0.3) is 11.3 Å². The van der Waals surface area contributed by atoms with Crippen molar-refractivity contribution in [2.75, 3.05) is 32.1 Å². The number of hydrogen-bond acceptors (Lipinski definition) is 5. The molecule has 1 fully saturated rings. The molecule has 0 radical (unpaired) electrons. The van der Waals surface area contributed by atoms with Crippen molar-refractivity contribution < 1.29 is 9.53 Å². The molecule has 144 valence electrons. The highest BCUT2D eigenvalue weighted by molar-refractivity contribution is 5.79. The highest BCUT2D eigenvalue weighted by Gasteiger charge is 2.36. The van der Waals surface area contributed by atoms with Crippen molar-refractivity contribution in [1.82, 2.24) is 15.1 Å². The second kappa shape index (κ2) is 7.55. The maximum Gasteiger partial charge on any atom is 0.223 e. The zero-order valence-electron chi connectivity index (χ0n) is 16.8. The molecule has 1 amide bonds. The van der Waals surface area contributed by atoms with Crippen molar-refractivity contribution in [2.24, 2.45) is 5.92 Å². The average Bonchev–Trinajstić information content (AvgIpc) is 3.02. The summed E-state index contributed by atoms with van der Waals surface area (Å²) < 4.78 is 5.40. The van der Waals surface area contributed by atoms with E-state index < -0.39 is 0 Å². The van der Waals surface area contributed by atoms with Gasteiger partial charge in [-0.3, -0.25) is 4.79 Å². The Morgan fingerprint density at radius 3 is 2.52 bits per heavy atom. The summed E-state index contributed by atoms with van der Waals surface area (Å²) in [5, 5.41) is 8.75. The maximum absolute atomic E-state index is 12.3. The molecule has 0 unspecified atom stereocenters. The second-order valence-electron chi connectivity index (χ2n) is 8.10. The smallest absolute Gasteiger partial charge is 0.223 e. The van der Waals surface area contributed by atoms with Crippen LogP contribution in [0.1, 0.15) is 27.2 Å². The molecule has 27 heavy (non-hydrogen) atoms. The third kappa shape index (κ3) is 4.21. The molecule has 6 nitrogen and oxygen atoms in total. The molecule has 1 aromatic heterocycles. The van der Waals surface area contributed by atoms with Crippen molar-refractivity contribution in [3.05, 3.63) is 36.4 Å². The first kappa shape index (κ1) is 19.1. The van der Waals surface area contributed by atoms with Gasteiger partial charge in [0.05, 0.1) is 12.8 Å². The lowest BCUT2D eigenvalue weighted by molar-refractivity contribution is -0.131. The summed E-state index contributed by atoms with van der Waals surface area (Å²) in [5.41, 5.74) is 1.57. The van der Waals surface area contributed by atoms with Gasteiger partial charge in [-0.05, 0) is 45.0 Å². The monoisotopic (exact) mass is 368 g/mol. The molecule has 1 saturated heterocycles. The first-order chi connectivity index (χ1) is 12.8. The molecule has 2 aromatic rings. The van der Waals surface area contributed by atoms with Gasteiger partial charge in [-0.2, -0.15) is 0 Å². The number of carbonyl (C=O) groups is 1. The largest absolute Gasteiger partial charge is 0.496 e. The van der Waals surface area contributed by atoms with E-state index in [1.165, 1.54) is 0 Å². The summed E-state index contributed by atoms with van der Waals surface area (Å²) >= 11 is 0. The Balaban J connectivity index is 1.68. The van der Waals surface area contributed by atoms with Gasteiger partial charge in [-0.25, -0.2) is 0 Å². The van der Waals surface area contributed by atoms with Crippen LogP contribution in [0, 0.1) is 5.92 Å². The number of likely N-dealkylation sites (tertiary alicyclic amines) is 1. The predicted octanol–water partition coefficient (Wildman–Crippen LogP) is 3.24. The highest BCUT2D eigenvalue weighted by Crippen LogP contribution is 2.29. The molecule has 2 heterocycles. The molecule has 6 heteroatoms. The Kier molecular flexibility index (Phi) is 5.35. The number of aromatic nitrogens is 2. The zero-order chi connectivity index (χ0) is 19.6. The molecule has 1 aromatic carbocycles. The molecule has 0 bridgehead atoms. The third-order valence-electron chi connectivity index (χ3n) is 4.97. The Morgan fingerprint density at radius 2 is 1.93 bits per heavy atom. The molecule has 0 aliphatic carbocycles. The molecule has 0 spiro atoms. The standard InChI is InChI=1S/C21H28N4O2/c1-21(2,3)25-14-15(12-20(25)26)13-24(4)19-11-10-17(22-23-19)16-8-6-7-9-18(16)27-5/h6-11,15H,12-14H2,1-5H3/t15-/m1/s1. The molecule has 1 aliphatic rings. The summed E-state index contributed by atoms with van der Waals surface area (Å²) in [5.74, 6) is 2.12. The zero-order valence-corrected chi connectivity index (χ0v) is 16.8. The summed E-state index contributed by atoms with van der Waals surface area (Å²) in [6.07, 6.45) is 0.592. The van der Waals surface area contributed by atoms with E-state index in [1.807, 2.05) is 48.3 Å². The van der Waals surface area contributed by atoms with Crippen LogP contribution in [0.4, 0.5) is 5.82 Å². The minimum Gasteiger partial charge on any atom is -0.496 e. The first-order valence-corrected chi connectivity index (χ1v) is 9.28. The van der Waals surface area contributed by atoms with Gasteiger partial charge in [0.2, 0.25) is 5.91 Å². The topological polar surface area (TPSA) is 58.6 Å². The molecular formula is C21H28N4O2. The lowest BCUT2D eigenvalue weighted by Crippen LogP contribution is -2.42. The normalized spacial score (nSPS) is 17.3. The number of para-hydroxylation sites is 1. The lowest BCUT2D eigenvalue weighted by atomic mass is 10.1. The lowest BCUT2D eigenvalue weighted by Gasteiger charge is -2.32. The van der Waals surface area contributed by atoms with Gasteiger partial charge in [-0.15, -0.1) is 10.2 Å². The van der Waals surface area contributed by atoms with E-state index in [-0.39, 0.29) is 11.4 Å². The van der Waals surface area contributed by atoms with Crippen molar-refractivity contribution in [3.63, 3.8) is 0 Å². The van der Waals surface area contributed by atoms with Crippen LogP contribution >= 0.6 is 0 Å². The minimum atomic E-state index is -0.124. The van der Waals surface area contributed by atoms with Gasteiger partial charge in [0.25, 0.3) is 0 Å². The van der Waals surface area contributed by atoms with E-state index >= 15 is 0 Å². The average molecular weight is 368 g/mol. The van der Waals surface area contributed by atoms with Gasteiger partial charge in [0.15, 0.2) is 5.82 Å². The van der Waals surface area contributed by atoms with E-state index in [9.17, 15) is 4.79 Å². The number of hydrogen-bond donors (Lipinski definition) is 0. The second-order valence-corrected chi connectivity index (χ2v) is 8.10. The third-order valence-corrected chi connectivity index (χ3v) is 4.97. The Bertz CT molecular complexity index is 799. The fraction of sp³-hybridized carbons (Fsp3) is 0.476. The van der Waals surface area contributed by atoms with Gasteiger partial charge in [0, 0.05) is 43.6 Å². The van der Waals surface area contributed by atoms with Crippen molar-refractivity contribution >= 4 is 11.7 Å². The van der Waals surface area contributed by atoms with Gasteiger partial charge in [-0.1, -0.05) is 12.1 Å². The van der Waals surface area contributed by atoms with Crippen LogP contribution in [-0.2, 0) is 4.79 Å². The highest BCUT2D eigenvalue weighted by atomic mass is 16.5. The Labute approximate surface area is 161 Å². The van der Waals surface area contributed by atoms with Gasteiger partial charge < -0.3 is 14.5 Å². The number of nitrogens with zero attached hydrogens (tertiary/aromatic N) is 4. The van der Waals surface area contributed by atoms with Gasteiger partial charge in [0.1, 0.15) is 5.75 Å². The maximum atomic E-state index is 12.3. The summed E-state index contributed by atoms with van der Waals surface area (Å²) in [6.45, 7) is 7.82. The molecule has 1 atom stereocenters. The summed E-state index contributed by atoms with van der Waals surface area (Å²) in [4.78, 5) is 16.3.